The standard InChI is InChI=1S/C29H30ClFN4O5S2/c1-19-33-25-17-21(32-9-2-10-34-11-13-40-14-12-34)4-5-23(25)29(37)35(19)26-6-3-20(16-24(26)31)15-22(36)18-42(38,39)28-8-7-27(30)41-28/h3-8,16-17,32H,2,9-15,18H2,1H3. The molecule has 0 unspecified atom stereocenters. The van der Waals surface area contributed by atoms with Crippen LogP contribution in [0.5, 0.6) is 0 Å². The number of anilines is 1. The molecule has 0 saturated carbocycles. The van der Waals surface area contributed by atoms with E-state index in [0.717, 1.165) is 68.9 Å². The number of hydrogen-bond donors (Lipinski definition) is 1. The average Bonchev–Trinajstić information content (AvgIpc) is 3.40. The van der Waals surface area contributed by atoms with Gasteiger partial charge in [-0.2, -0.15) is 0 Å². The zero-order valence-corrected chi connectivity index (χ0v) is 25.3. The van der Waals surface area contributed by atoms with Crippen molar-refractivity contribution in [3.63, 3.8) is 0 Å². The molecule has 5 rings (SSSR count). The van der Waals surface area contributed by atoms with E-state index in [1.807, 2.05) is 12.1 Å². The van der Waals surface area contributed by atoms with Crippen LogP contribution in [0, 0.1) is 12.7 Å². The first-order valence-electron chi connectivity index (χ1n) is 13.5. The van der Waals surface area contributed by atoms with Gasteiger partial charge in [0.15, 0.2) is 15.6 Å². The van der Waals surface area contributed by atoms with Crippen LogP contribution in [0.4, 0.5) is 10.1 Å². The van der Waals surface area contributed by atoms with Crippen molar-refractivity contribution in [2.24, 2.45) is 0 Å². The molecule has 3 heterocycles. The molecule has 1 saturated heterocycles. The highest BCUT2D eigenvalue weighted by Gasteiger charge is 2.22. The lowest BCUT2D eigenvalue weighted by Crippen LogP contribution is -2.37. The molecule has 0 bridgehead atoms. The second kappa shape index (κ2) is 13.0. The maximum Gasteiger partial charge on any atom is 0.266 e. The Morgan fingerprint density at radius 1 is 1.14 bits per heavy atom. The van der Waals surface area contributed by atoms with Crippen molar-refractivity contribution in [1.82, 2.24) is 14.5 Å². The Hall–Kier alpha value is -3.16. The van der Waals surface area contributed by atoms with Crippen LogP contribution in [-0.2, 0) is 25.8 Å². The summed E-state index contributed by atoms with van der Waals surface area (Å²) >= 11 is 6.69. The van der Waals surface area contributed by atoms with Crippen molar-refractivity contribution in [1.29, 1.82) is 0 Å². The number of aromatic nitrogens is 2. The van der Waals surface area contributed by atoms with Gasteiger partial charge in [0.05, 0.1) is 34.1 Å². The summed E-state index contributed by atoms with van der Waals surface area (Å²) in [6, 6.07) is 12.2. The molecular weight excluding hydrogens is 603 g/mol. The molecule has 1 aliphatic heterocycles. The van der Waals surface area contributed by atoms with Gasteiger partial charge in [-0.1, -0.05) is 17.7 Å². The third kappa shape index (κ3) is 7.07. The Morgan fingerprint density at radius 2 is 1.93 bits per heavy atom. The van der Waals surface area contributed by atoms with Gasteiger partial charge in [0.2, 0.25) is 0 Å². The maximum absolute atomic E-state index is 15.3. The van der Waals surface area contributed by atoms with Crippen LogP contribution in [0.15, 0.2) is 57.5 Å². The van der Waals surface area contributed by atoms with E-state index in [1.54, 1.807) is 13.0 Å². The van der Waals surface area contributed by atoms with Crippen molar-refractivity contribution in [2.75, 3.05) is 50.5 Å². The van der Waals surface area contributed by atoms with Gasteiger partial charge in [-0.15, -0.1) is 11.3 Å². The lowest BCUT2D eigenvalue weighted by Gasteiger charge is -2.26. The number of ether oxygens (including phenoxy) is 1. The van der Waals surface area contributed by atoms with Crippen molar-refractivity contribution in [3.8, 4) is 5.69 Å². The highest BCUT2D eigenvalue weighted by atomic mass is 35.5. The lowest BCUT2D eigenvalue weighted by molar-refractivity contribution is -0.116. The molecule has 0 aliphatic carbocycles. The number of sulfone groups is 1. The van der Waals surface area contributed by atoms with Crippen LogP contribution in [0.25, 0.3) is 16.6 Å². The molecule has 0 radical (unpaired) electrons. The Balaban J connectivity index is 1.27. The number of nitrogens with zero attached hydrogens (tertiary/aromatic N) is 3. The summed E-state index contributed by atoms with van der Waals surface area (Å²) in [7, 11) is -3.84. The van der Waals surface area contributed by atoms with Crippen LogP contribution < -0.4 is 10.9 Å². The number of carbonyl (C=O) groups is 1. The molecule has 1 aliphatic rings. The van der Waals surface area contributed by atoms with E-state index in [4.69, 9.17) is 16.3 Å². The van der Waals surface area contributed by atoms with Gasteiger partial charge in [0.1, 0.15) is 21.6 Å². The van der Waals surface area contributed by atoms with Gasteiger partial charge in [-0.3, -0.25) is 19.1 Å². The third-order valence-electron chi connectivity index (χ3n) is 6.98. The monoisotopic (exact) mass is 632 g/mol. The SMILES string of the molecule is Cc1nc2cc(NCCCN3CCOCC3)ccc2c(=O)n1-c1ccc(CC(=O)CS(=O)(=O)c2ccc(Cl)s2)cc1F. The smallest absolute Gasteiger partial charge is 0.266 e. The van der Waals surface area contributed by atoms with Crippen LogP contribution in [0.1, 0.15) is 17.8 Å². The number of fused-ring (bicyclic) bond motifs is 1. The van der Waals surface area contributed by atoms with Gasteiger partial charge < -0.3 is 10.1 Å². The molecule has 13 heteroatoms. The Kier molecular flexibility index (Phi) is 9.38. The van der Waals surface area contributed by atoms with E-state index in [1.165, 1.54) is 28.8 Å². The molecule has 1 fully saturated rings. The first-order valence-corrected chi connectivity index (χ1v) is 16.3. The number of hydrogen-bond acceptors (Lipinski definition) is 9. The minimum atomic E-state index is -3.84. The van der Waals surface area contributed by atoms with Gasteiger partial charge >= 0.3 is 0 Å². The molecule has 0 atom stereocenters. The fourth-order valence-corrected chi connectivity index (χ4v) is 7.73. The quantitative estimate of drug-likeness (QED) is 0.244. The molecule has 42 heavy (non-hydrogen) atoms. The highest BCUT2D eigenvalue weighted by Crippen LogP contribution is 2.27. The summed E-state index contributed by atoms with van der Waals surface area (Å²) < 4.78 is 47.1. The molecule has 9 nitrogen and oxygen atoms in total. The minimum Gasteiger partial charge on any atom is -0.385 e. The topological polar surface area (TPSA) is 111 Å². The number of morpholine rings is 1. The van der Waals surface area contributed by atoms with Crippen molar-refractivity contribution in [3.05, 3.63) is 80.4 Å². The summed E-state index contributed by atoms with van der Waals surface area (Å²) in [6.07, 6.45) is 0.688. The molecule has 2 aromatic heterocycles. The number of Topliss-reactive ketones (excluding diaryl/α,β-unsaturated/α-hetero) is 1. The van der Waals surface area contributed by atoms with E-state index in [-0.39, 0.29) is 16.3 Å². The predicted molar refractivity (Wildman–Crippen MR) is 162 cm³/mol. The minimum absolute atomic E-state index is 0.00531. The fraction of sp³-hybridized carbons (Fsp3) is 0.345. The average molecular weight is 633 g/mol. The van der Waals surface area contributed by atoms with Gasteiger partial charge in [-0.05, 0) is 67.9 Å². The Bertz CT molecular complexity index is 1780. The van der Waals surface area contributed by atoms with Gasteiger partial charge in [0.25, 0.3) is 5.56 Å². The number of nitrogens with one attached hydrogen (secondary N) is 1. The fourth-order valence-electron chi connectivity index (χ4n) is 4.92. The Morgan fingerprint density at radius 3 is 2.64 bits per heavy atom. The van der Waals surface area contributed by atoms with E-state index in [0.29, 0.717) is 26.6 Å². The number of benzene rings is 2. The summed E-state index contributed by atoms with van der Waals surface area (Å²) in [5, 5.41) is 3.72. The first kappa shape index (κ1) is 30.3. The summed E-state index contributed by atoms with van der Waals surface area (Å²) in [4.78, 5) is 32.8. The predicted octanol–water partition coefficient (Wildman–Crippen LogP) is 4.27. The number of ketones is 1. The van der Waals surface area contributed by atoms with E-state index < -0.39 is 32.7 Å². The molecule has 0 amide bonds. The normalized spacial score (nSPS) is 14.4. The molecule has 2 aromatic carbocycles. The van der Waals surface area contributed by atoms with Crippen molar-refractivity contribution < 1.29 is 22.3 Å². The van der Waals surface area contributed by atoms with E-state index >= 15 is 4.39 Å². The van der Waals surface area contributed by atoms with Gasteiger partial charge in [-0.25, -0.2) is 17.8 Å². The van der Waals surface area contributed by atoms with Crippen LogP contribution in [0.2, 0.25) is 4.34 Å². The van der Waals surface area contributed by atoms with E-state index in [2.05, 4.69) is 15.2 Å². The third-order valence-corrected chi connectivity index (χ3v) is 10.5. The van der Waals surface area contributed by atoms with E-state index in [9.17, 15) is 18.0 Å². The number of aryl methyl sites for hydroxylation is 1. The number of rotatable bonds is 11. The van der Waals surface area contributed by atoms with Crippen molar-refractivity contribution in [2.45, 2.75) is 24.0 Å². The zero-order chi connectivity index (χ0) is 29.9. The number of thiophene rings is 1. The summed E-state index contributed by atoms with van der Waals surface area (Å²) in [5.41, 5.74) is 1.22. The largest absolute Gasteiger partial charge is 0.385 e. The number of halogens is 2. The van der Waals surface area contributed by atoms with Crippen LogP contribution >= 0.6 is 22.9 Å². The number of carbonyl (C=O) groups excluding carboxylic acids is 1. The first-order chi connectivity index (χ1) is 20.1. The summed E-state index contributed by atoms with van der Waals surface area (Å²) in [5.74, 6) is -1.72. The molecular formula is C29H30ClFN4O5S2. The zero-order valence-electron chi connectivity index (χ0n) is 22.9. The maximum atomic E-state index is 15.3. The molecule has 222 valence electrons. The molecule has 1 N–H and O–H groups in total. The summed E-state index contributed by atoms with van der Waals surface area (Å²) in [6.45, 7) is 6.82. The Labute approximate surface area is 251 Å². The highest BCUT2D eigenvalue weighted by molar-refractivity contribution is 7.94. The van der Waals surface area contributed by atoms with Crippen molar-refractivity contribution >= 4 is 55.1 Å². The second-order valence-electron chi connectivity index (χ2n) is 10.1. The van der Waals surface area contributed by atoms with Gasteiger partial charge in [0, 0.05) is 31.7 Å². The molecule has 4 aromatic rings. The van der Waals surface area contributed by atoms with Crippen LogP contribution in [-0.4, -0.2) is 73.8 Å². The molecule has 0 spiro atoms. The lowest BCUT2D eigenvalue weighted by atomic mass is 10.1. The second-order valence-corrected chi connectivity index (χ2v) is 14.0. The van der Waals surface area contributed by atoms with Crippen LogP contribution in [0.3, 0.4) is 0 Å².